The summed E-state index contributed by atoms with van der Waals surface area (Å²) >= 11 is 3.41. The van der Waals surface area contributed by atoms with Crippen molar-refractivity contribution in [2.45, 2.75) is 13.8 Å². The largest absolute Gasteiger partial charge is 0.396 e. The smallest absolute Gasteiger partial charge is 0.251 e. The van der Waals surface area contributed by atoms with E-state index in [1.807, 2.05) is 57.1 Å². The molecule has 0 atom stereocenters. The highest BCUT2D eigenvalue weighted by Crippen LogP contribution is 2.32. The summed E-state index contributed by atoms with van der Waals surface area (Å²) in [5.74, 6) is 0.645. The number of carbonyl (C=O) groups is 1. The Morgan fingerprint density at radius 2 is 1.97 bits per heavy atom. The maximum Gasteiger partial charge on any atom is 0.251 e. The number of hydrogen-bond donors (Lipinski definition) is 3. The fourth-order valence-electron chi connectivity index (χ4n) is 3.74. The predicted octanol–water partition coefficient (Wildman–Crippen LogP) is 3.67. The van der Waals surface area contributed by atoms with E-state index in [0.29, 0.717) is 34.8 Å². The molecule has 8 nitrogen and oxygen atoms in total. The molecule has 3 aromatic heterocycles. The van der Waals surface area contributed by atoms with Gasteiger partial charge < -0.3 is 25.5 Å². The first kappa shape index (κ1) is 22.0. The lowest BCUT2D eigenvalue weighted by Crippen LogP contribution is -2.31. The Balaban J connectivity index is 1.62. The molecule has 4 aromatic rings. The van der Waals surface area contributed by atoms with Crippen LogP contribution in [0.3, 0.4) is 0 Å². The number of halogens is 1. The standard InChI is InChI=1S/C23H26BrN7O/c1-13-11-17(21-28-20-19(25)18(24)12-27-22(20)29-21)14(2)31(13)16-7-5-15(6-8-16)23(32)26-9-10-30(3)4/h5-8,11-12H,9-10H2,1-4H3,(H,26,32)(H3,25,27,28,29). The molecule has 1 amide bonds. The first-order valence-corrected chi connectivity index (χ1v) is 11.1. The Bertz CT molecular complexity index is 1290. The van der Waals surface area contributed by atoms with Gasteiger partial charge in [-0.15, -0.1) is 0 Å². The molecule has 0 fully saturated rings. The number of pyridine rings is 1. The highest BCUT2D eigenvalue weighted by atomic mass is 79.9. The Morgan fingerprint density at radius 3 is 2.66 bits per heavy atom. The highest BCUT2D eigenvalue weighted by molar-refractivity contribution is 9.10. The van der Waals surface area contributed by atoms with Crippen molar-refractivity contribution in [2.24, 2.45) is 0 Å². The molecule has 3 heterocycles. The lowest BCUT2D eigenvalue weighted by molar-refractivity contribution is 0.0951. The van der Waals surface area contributed by atoms with Gasteiger partial charge in [0.05, 0.1) is 10.2 Å². The van der Waals surface area contributed by atoms with Crippen LogP contribution in [-0.4, -0.2) is 57.5 Å². The second-order valence-electron chi connectivity index (χ2n) is 8.03. The van der Waals surface area contributed by atoms with Gasteiger partial charge in [0.2, 0.25) is 0 Å². The minimum Gasteiger partial charge on any atom is -0.396 e. The van der Waals surface area contributed by atoms with E-state index >= 15 is 0 Å². The Hall–Kier alpha value is -3.17. The Kier molecular flexibility index (Phi) is 6.03. The van der Waals surface area contributed by atoms with Crippen molar-refractivity contribution in [3.63, 3.8) is 0 Å². The minimum absolute atomic E-state index is 0.0708. The summed E-state index contributed by atoms with van der Waals surface area (Å²) in [6.45, 7) is 5.50. The summed E-state index contributed by atoms with van der Waals surface area (Å²) in [5.41, 5.74) is 12.7. The normalized spacial score (nSPS) is 11.4. The van der Waals surface area contributed by atoms with E-state index in [0.717, 1.165) is 33.7 Å². The molecular formula is C23H26BrN7O. The lowest BCUT2D eigenvalue weighted by Gasteiger charge is -2.12. The number of rotatable bonds is 6. The Labute approximate surface area is 195 Å². The summed E-state index contributed by atoms with van der Waals surface area (Å²) in [7, 11) is 3.96. The summed E-state index contributed by atoms with van der Waals surface area (Å²) in [5, 5.41) is 2.94. The molecule has 32 heavy (non-hydrogen) atoms. The number of amides is 1. The number of benzene rings is 1. The number of nitrogens with zero attached hydrogens (tertiary/aromatic N) is 4. The third-order valence-electron chi connectivity index (χ3n) is 5.43. The van der Waals surface area contributed by atoms with Gasteiger partial charge in [-0.3, -0.25) is 4.79 Å². The van der Waals surface area contributed by atoms with Gasteiger partial charge in [-0.05, 0) is 74.2 Å². The van der Waals surface area contributed by atoms with Crippen molar-refractivity contribution in [3.8, 4) is 17.1 Å². The second kappa shape index (κ2) is 8.76. The molecule has 0 bridgehead atoms. The summed E-state index contributed by atoms with van der Waals surface area (Å²) in [4.78, 5) is 26.7. The average molecular weight is 496 g/mol. The van der Waals surface area contributed by atoms with Crippen molar-refractivity contribution in [1.29, 1.82) is 0 Å². The van der Waals surface area contributed by atoms with Crippen LogP contribution in [0.2, 0.25) is 0 Å². The number of nitrogen functional groups attached to an aromatic ring is 1. The molecule has 0 aliphatic heterocycles. The fourth-order valence-corrected chi connectivity index (χ4v) is 4.04. The highest BCUT2D eigenvalue weighted by Gasteiger charge is 2.17. The second-order valence-corrected chi connectivity index (χ2v) is 8.88. The number of hydrogen-bond acceptors (Lipinski definition) is 5. The molecule has 0 aliphatic carbocycles. The van der Waals surface area contributed by atoms with Gasteiger partial charge in [0.15, 0.2) is 5.65 Å². The molecule has 4 N–H and O–H groups in total. The molecule has 166 valence electrons. The van der Waals surface area contributed by atoms with Crippen molar-refractivity contribution >= 4 is 38.7 Å². The van der Waals surface area contributed by atoms with Gasteiger partial charge in [-0.25, -0.2) is 9.97 Å². The number of nitrogens with two attached hydrogens (primary N) is 1. The molecular weight excluding hydrogens is 470 g/mol. The van der Waals surface area contributed by atoms with E-state index in [2.05, 4.69) is 46.8 Å². The maximum absolute atomic E-state index is 12.4. The molecule has 4 rings (SSSR count). The number of aromatic amines is 1. The molecule has 0 aliphatic rings. The first-order chi connectivity index (χ1) is 15.3. The van der Waals surface area contributed by atoms with Crippen LogP contribution >= 0.6 is 15.9 Å². The number of anilines is 1. The number of aryl methyl sites for hydroxylation is 1. The van der Waals surface area contributed by atoms with E-state index in [9.17, 15) is 4.79 Å². The number of likely N-dealkylation sites (N-methyl/N-ethyl adjacent to an activating group) is 1. The van der Waals surface area contributed by atoms with Crippen LogP contribution in [0.5, 0.6) is 0 Å². The zero-order chi connectivity index (χ0) is 23.0. The molecule has 0 unspecified atom stereocenters. The maximum atomic E-state index is 12.4. The zero-order valence-corrected chi connectivity index (χ0v) is 20.1. The van der Waals surface area contributed by atoms with E-state index in [1.54, 1.807) is 6.20 Å². The summed E-state index contributed by atoms with van der Waals surface area (Å²) < 4.78 is 2.87. The van der Waals surface area contributed by atoms with Gasteiger partial charge in [0.25, 0.3) is 5.91 Å². The first-order valence-electron chi connectivity index (χ1n) is 10.3. The average Bonchev–Trinajstić information content (AvgIpc) is 3.31. The third kappa shape index (κ3) is 4.13. The lowest BCUT2D eigenvalue weighted by atomic mass is 10.2. The molecule has 9 heteroatoms. The number of fused-ring (bicyclic) bond motifs is 1. The quantitative estimate of drug-likeness (QED) is 0.378. The monoisotopic (exact) mass is 495 g/mol. The van der Waals surface area contributed by atoms with Gasteiger partial charge in [0, 0.05) is 47.5 Å². The van der Waals surface area contributed by atoms with E-state index < -0.39 is 0 Å². The van der Waals surface area contributed by atoms with Crippen LogP contribution in [0.4, 0.5) is 5.69 Å². The molecule has 0 spiro atoms. The van der Waals surface area contributed by atoms with E-state index in [1.165, 1.54) is 0 Å². The van der Waals surface area contributed by atoms with Crippen LogP contribution < -0.4 is 11.1 Å². The molecule has 0 saturated carbocycles. The Morgan fingerprint density at radius 1 is 1.25 bits per heavy atom. The number of imidazole rings is 1. The molecule has 0 radical (unpaired) electrons. The summed E-state index contributed by atoms with van der Waals surface area (Å²) in [6.07, 6.45) is 1.66. The van der Waals surface area contributed by atoms with Gasteiger partial charge >= 0.3 is 0 Å². The topological polar surface area (TPSA) is 105 Å². The van der Waals surface area contributed by atoms with Gasteiger partial charge in [-0.2, -0.15) is 0 Å². The van der Waals surface area contributed by atoms with Crippen molar-refractivity contribution in [3.05, 3.63) is 58.0 Å². The van der Waals surface area contributed by atoms with Crippen molar-refractivity contribution in [1.82, 2.24) is 29.7 Å². The van der Waals surface area contributed by atoms with Gasteiger partial charge in [-0.1, -0.05) is 0 Å². The molecule has 1 aromatic carbocycles. The van der Waals surface area contributed by atoms with E-state index in [-0.39, 0.29) is 5.91 Å². The summed E-state index contributed by atoms with van der Waals surface area (Å²) in [6, 6.07) is 9.70. The number of H-pyrrole nitrogens is 1. The number of carbonyl (C=O) groups excluding carboxylic acids is 1. The third-order valence-corrected chi connectivity index (χ3v) is 6.06. The number of nitrogens with one attached hydrogen (secondary N) is 2. The molecule has 0 saturated heterocycles. The van der Waals surface area contributed by atoms with Crippen LogP contribution in [-0.2, 0) is 0 Å². The minimum atomic E-state index is -0.0708. The van der Waals surface area contributed by atoms with Gasteiger partial charge in [0.1, 0.15) is 11.3 Å². The van der Waals surface area contributed by atoms with Crippen LogP contribution in [0.1, 0.15) is 21.7 Å². The number of aromatic nitrogens is 4. The van der Waals surface area contributed by atoms with Crippen LogP contribution in [0.25, 0.3) is 28.2 Å². The van der Waals surface area contributed by atoms with E-state index in [4.69, 9.17) is 5.73 Å². The van der Waals surface area contributed by atoms with Crippen molar-refractivity contribution in [2.75, 3.05) is 32.9 Å². The fraction of sp³-hybridized carbons (Fsp3) is 0.261. The van der Waals surface area contributed by atoms with Crippen LogP contribution in [0, 0.1) is 13.8 Å². The predicted molar refractivity (Wildman–Crippen MR) is 131 cm³/mol. The zero-order valence-electron chi connectivity index (χ0n) is 18.5. The van der Waals surface area contributed by atoms with Crippen LogP contribution in [0.15, 0.2) is 41.0 Å². The SMILES string of the molecule is Cc1cc(-c2nc3ncc(Br)c(N)c3[nH]2)c(C)n1-c1ccc(C(=O)NCCN(C)C)cc1. The van der Waals surface area contributed by atoms with Crippen molar-refractivity contribution < 1.29 is 4.79 Å².